The molecule has 0 aliphatic heterocycles. The monoisotopic (exact) mass is 700 g/mol. The van der Waals surface area contributed by atoms with E-state index >= 15 is 0 Å². The van der Waals surface area contributed by atoms with E-state index in [0.29, 0.717) is 44.6 Å². The molecule has 0 amide bonds. The minimum absolute atomic E-state index is 0.182. The van der Waals surface area contributed by atoms with Gasteiger partial charge in [0, 0.05) is 24.3 Å². The van der Waals surface area contributed by atoms with Crippen molar-refractivity contribution in [3.05, 3.63) is 95.2 Å². The summed E-state index contributed by atoms with van der Waals surface area (Å²) in [4.78, 5) is 9.27. The zero-order chi connectivity index (χ0) is 36.0. The van der Waals surface area contributed by atoms with Crippen LogP contribution < -0.4 is 0 Å². The average molecular weight is 701 g/mol. The van der Waals surface area contributed by atoms with Gasteiger partial charge in [-0.1, -0.05) is 41.5 Å². The molecule has 2 aliphatic carbocycles. The molecule has 1 N–H and O–H groups in total. The molecule has 2 aliphatic rings. The van der Waals surface area contributed by atoms with E-state index < -0.39 is 0 Å². The van der Waals surface area contributed by atoms with Crippen LogP contribution in [0.5, 0.6) is 0 Å². The Kier molecular flexibility index (Phi) is 15.0. The summed E-state index contributed by atoms with van der Waals surface area (Å²) in [5.41, 5.74) is 6.12. The van der Waals surface area contributed by atoms with E-state index in [1.54, 1.807) is 6.08 Å². The van der Waals surface area contributed by atoms with Crippen molar-refractivity contribution in [2.24, 2.45) is 0 Å². The Balaban J connectivity index is 0.000000198. The van der Waals surface area contributed by atoms with Gasteiger partial charge in [-0.15, -0.1) is 6.58 Å². The maximum Gasteiger partial charge on any atom is 0.226 e. The summed E-state index contributed by atoms with van der Waals surface area (Å²) in [5.74, 6) is 2.95. The first-order valence-electron chi connectivity index (χ1n) is 18.6. The van der Waals surface area contributed by atoms with Crippen LogP contribution in [-0.4, -0.2) is 59.3 Å². The third kappa shape index (κ3) is 12.0. The molecule has 0 spiro atoms. The molecule has 51 heavy (non-hydrogen) atoms. The molecule has 2 saturated carbocycles. The molecule has 4 aromatic rings. The zero-order valence-electron chi connectivity index (χ0n) is 30.9. The SMILES string of the molecule is C=CCO[C@@H]1CCC[C@H](OCc2nc(-c3cccc(C)c3)oc2C)C1.Cc1cccc(-c2nc(CO[C@H]3CCC[C@@H](OCCCO)C3)c(C)o2)c1. The number of aromatic nitrogens is 2. The lowest BCUT2D eigenvalue weighted by atomic mass is 9.95. The average Bonchev–Trinajstić information content (AvgIpc) is 3.71. The highest BCUT2D eigenvalue weighted by Gasteiger charge is 2.25. The number of aliphatic hydroxyl groups is 1. The van der Waals surface area contributed by atoms with Gasteiger partial charge in [0.2, 0.25) is 11.8 Å². The number of aryl methyl sites for hydroxylation is 4. The van der Waals surface area contributed by atoms with Crippen molar-refractivity contribution in [3.8, 4) is 22.9 Å². The fourth-order valence-corrected chi connectivity index (χ4v) is 6.65. The first-order chi connectivity index (χ1) is 24.8. The maximum atomic E-state index is 8.86. The van der Waals surface area contributed by atoms with Crippen molar-refractivity contribution in [1.29, 1.82) is 0 Å². The molecule has 2 heterocycles. The third-order valence-electron chi connectivity index (χ3n) is 9.49. The van der Waals surface area contributed by atoms with Gasteiger partial charge < -0.3 is 32.9 Å². The number of aliphatic hydroxyl groups excluding tert-OH is 1. The van der Waals surface area contributed by atoms with Crippen molar-refractivity contribution in [3.63, 3.8) is 0 Å². The van der Waals surface area contributed by atoms with Crippen molar-refractivity contribution in [2.75, 3.05) is 19.8 Å². The largest absolute Gasteiger partial charge is 0.441 e. The second kappa shape index (κ2) is 19.9. The second-order valence-corrected chi connectivity index (χ2v) is 13.8. The molecule has 0 saturated heterocycles. The van der Waals surface area contributed by atoms with Crippen LogP contribution in [0, 0.1) is 27.7 Å². The number of hydrogen-bond donors (Lipinski definition) is 1. The van der Waals surface area contributed by atoms with Crippen LogP contribution in [0.15, 0.2) is 70.0 Å². The van der Waals surface area contributed by atoms with E-state index in [2.05, 4.69) is 54.7 Å². The fourth-order valence-electron chi connectivity index (χ4n) is 6.65. The lowest BCUT2D eigenvalue weighted by Gasteiger charge is -2.29. The van der Waals surface area contributed by atoms with Gasteiger partial charge in [-0.2, -0.15) is 0 Å². The van der Waals surface area contributed by atoms with E-state index in [1.807, 2.05) is 38.1 Å². The van der Waals surface area contributed by atoms with E-state index in [1.165, 1.54) is 11.1 Å². The Morgan fingerprint density at radius 2 is 1.18 bits per heavy atom. The van der Waals surface area contributed by atoms with Crippen LogP contribution in [0.3, 0.4) is 0 Å². The summed E-state index contributed by atoms with van der Waals surface area (Å²) >= 11 is 0. The standard InChI is InChI=1S/C21H29NO4.C21H27NO3/c1-15-6-3-7-17(12-15)21-22-20(16(2)26-21)14-25-19-9-4-8-18(13-19)24-11-5-10-23;1-4-11-23-18-9-6-10-19(13-18)24-14-20-16(3)25-21(22-20)17-8-5-7-15(2)12-17/h3,6-7,12,18-19,23H,4-5,8-11,13-14H2,1-2H3;4-5,7-8,12,18-19H,1,6,9-11,13-14H2,2-3H3/t2*18-,19+/m11/s1. The van der Waals surface area contributed by atoms with Crippen molar-refractivity contribution < 1.29 is 32.9 Å². The Hall–Kier alpha value is -3.60. The van der Waals surface area contributed by atoms with Crippen LogP contribution in [0.4, 0.5) is 0 Å². The first-order valence-corrected chi connectivity index (χ1v) is 18.6. The van der Waals surface area contributed by atoms with Gasteiger partial charge in [0.25, 0.3) is 0 Å². The highest BCUT2D eigenvalue weighted by Crippen LogP contribution is 2.28. The van der Waals surface area contributed by atoms with Gasteiger partial charge in [0.1, 0.15) is 22.9 Å². The quantitative estimate of drug-likeness (QED) is 0.0959. The lowest BCUT2D eigenvalue weighted by molar-refractivity contribution is -0.0528. The highest BCUT2D eigenvalue weighted by atomic mass is 16.5. The fraction of sp³-hybridized carbons (Fsp3) is 0.524. The van der Waals surface area contributed by atoms with Crippen LogP contribution in [-0.2, 0) is 32.2 Å². The van der Waals surface area contributed by atoms with Crippen molar-refractivity contribution in [2.45, 2.75) is 123 Å². The first kappa shape index (κ1) is 38.6. The number of oxazole rings is 2. The Morgan fingerprint density at radius 1 is 0.706 bits per heavy atom. The molecule has 2 aromatic carbocycles. The predicted molar refractivity (Wildman–Crippen MR) is 198 cm³/mol. The molecule has 2 aromatic heterocycles. The van der Waals surface area contributed by atoms with Crippen LogP contribution >= 0.6 is 0 Å². The van der Waals surface area contributed by atoms with Gasteiger partial charge in [0.15, 0.2) is 0 Å². The number of rotatable bonds is 15. The molecule has 276 valence electrons. The zero-order valence-corrected chi connectivity index (χ0v) is 30.9. The third-order valence-corrected chi connectivity index (χ3v) is 9.49. The Bertz CT molecular complexity index is 1650. The van der Waals surface area contributed by atoms with Crippen molar-refractivity contribution >= 4 is 0 Å². The Morgan fingerprint density at radius 3 is 1.63 bits per heavy atom. The molecular weight excluding hydrogens is 644 g/mol. The minimum Gasteiger partial charge on any atom is -0.441 e. The van der Waals surface area contributed by atoms with E-state index in [0.717, 1.165) is 85.4 Å². The summed E-state index contributed by atoms with van der Waals surface area (Å²) in [7, 11) is 0. The molecule has 0 radical (unpaired) electrons. The number of hydrogen-bond acceptors (Lipinski definition) is 9. The van der Waals surface area contributed by atoms with Gasteiger partial charge >= 0.3 is 0 Å². The van der Waals surface area contributed by atoms with Crippen LogP contribution in [0.25, 0.3) is 22.9 Å². The molecule has 9 heteroatoms. The number of nitrogens with zero attached hydrogens (tertiary/aromatic N) is 2. The second-order valence-electron chi connectivity index (χ2n) is 13.8. The molecule has 2 fully saturated rings. The summed E-state index contributed by atoms with van der Waals surface area (Å²) in [6.07, 6.45) is 11.8. The normalized spacial score (nSPS) is 20.5. The van der Waals surface area contributed by atoms with E-state index in [-0.39, 0.29) is 31.0 Å². The van der Waals surface area contributed by atoms with E-state index in [4.69, 9.17) is 32.9 Å². The van der Waals surface area contributed by atoms with Crippen molar-refractivity contribution in [1.82, 2.24) is 9.97 Å². The lowest BCUT2D eigenvalue weighted by Crippen LogP contribution is -2.28. The summed E-state index contributed by atoms with van der Waals surface area (Å²) in [5, 5.41) is 8.86. The molecule has 6 rings (SSSR count). The maximum absolute atomic E-state index is 8.86. The smallest absolute Gasteiger partial charge is 0.226 e. The molecular formula is C42H56N2O7. The Labute approximate surface area is 303 Å². The van der Waals surface area contributed by atoms with Gasteiger partial charge in [0.05, 0.1) is 44.2 Å². The summed E-state index contributed by atoms with van der Waals surface area (Å²) < 4.78 is 35.5. The topological polar surface area (TPSA) is 109 Å². The summed E-state index contributed by atoms with van der Waals surface area (Å²) in [6, 6.07) is 16.3. The molecule has 0 unspecified atom stereocenters. The van der Waals surface area contributed by atoms with Gasteiger partial charge in [-0.25, -0.2) is 9.97 Å². The van der Waals surface area contributed by atoms with Gasteiger partial charge in [-0.3, -0.25) is 0 Å². The summed E-state index contributed by atoms with van der Waals surface area (Å²) in [6.45, 7) is 14.1. The molecule has 9 nitrogen and oxygen atoms in total. The molecule has 0 bridgehead atoms. The van der Waals surface area contributed by atoms with Crippen LogP contribution in [0.1, 0.15) is 91.8 Å². The predicted octanol–water partition coefficient (Wildman–Crippen LogP) is 9.17. The highest BCUT2D eigenvalue weighted by molar-refractivity contribution is 5.55. The van der Waals surface area contributed by atoms with E-state index in [9.17, 15) is 0 Å². The number of ether oxygens (including phenoxy) is 4. The van der Waals surface area contributed by atoms with Gasteiger partial charge in [-0.05, 0) is 110 Å². The minimum atomic E-state index is 0.182. The molecule has 4 atom stereocenters. The van der Waals surface area contributed by atoms with Crippen LogP contribution in [0.2, 0.25) is 0 Å². The number of benzene rings is 2.